The van der Waals surface area contributed by atoms with Crippen LogP contribution >= 0.6 is 22.6 Å². The third kappa shape index (κ3) is 3.27. The number of hydrogen-bond acceptors (Lipinski definition) is 3. The lowest BCUT2D eigenvalue weighted by atomic mass is 9.56. The quantitative estimate of drug-likeness (QED) is 0.243. The van der Waals surface area contributed by atoms with Crippen molar-refractivity contribution < 1.29 is 9.84 Å². The topological polar surface area (TPSA) is 41.5 Å². The Bertz CT molecular complexity index is 756. The lowest BCUT2D eigenvalue weighted by Gasteiger charge is -2.49. The van der Waals surface area contributed by atoms with Gasteiger partial charge in [-0.25, -0.2) is 0 Å². The Labute approximate surface area is 202 Å². The summed E-state index contributed by atoms with van der Waals surface area (Å²) < 4.78 is 7.64. The molecule has 6 aliphatic rings. The molecule has 3 saturated carbocycles. The molecule has 0 radical (unpaired) electrons. The molecule has 0 aromatic rings. The average Bonchev–Trinajstić information content (AvgIpc) is 3.19. The summed E-state index contributed by atoms with van der Waals surface area (Å²) in [6.07, 6.45) is 13.9. The van der Waals surface area contributed by atoms with Crippen molar-refractivity contribution in [2.75, 3.05) is 6.54 Å². The first-order chi connectivity index (χ1) is 14.8. The highest BCUT2D eigenvalue weighted by molar-refractivity contribution is 14.1. The number of fused-ring (bicyclic) bond motifs is 6. The molecule has 3 nitrogen and oxygen atoms in total. The van der Waals surface area contributed by atoms with E-state index in [1.54, 1.807) is 5.57 Å². The van der Waals surface area contributed by atoms with Gasteiger partial charge in [0.15, 0.2) is 0 Å². The van der Waals surface area contributed by atoms with E-state index in [0.717, 1.165) is 54.9 Å². The van der Waals surface area contributed by atoms with Crippen LogP contribution in [-0.4, -0.2) is 39.4 Å². The van der Waals surface area contributed by atoms with Crippen LogP contribution in [0.2, 0.25) is 0 Å². The van der Waals surface area contributed by atoms with Gasteiger partial charge in [0.05, 0.1) is 21.7 Å². The number of alkyl halides is 1. The van der Waals surface area contributed by atoms with Gasteiger partial charge in [0, 0.05) is 6.04 Å². The van der Waals surface area contributed by atoms with E-state index in [1.165, 1.54) is 44.9 Å². The summed E-state index contributed by atoms with van der Waals surface area (Å²) in [5.74, 6) is 4.95. The molecule has 174 valence electrons. The van der Waals surface area contributed by atoms with Crippen LogP contribution in [-0.2, 0) is 4.74 Å². The molecule has 2 N–H and O–H groups in total. The van der Waals surface area contributed by atoms with Gasteiger partial charge in [-0.05, 0) is 105 Å². The maximum atomic E-state index is 10.3. The summed E-state index contributed by atoms with van der Waals surface area (Å²) in [5.41, 5.74) is 2.06. The normalized spacial score (nSPS) is 58.7. The molecule has 1 spiro atoms. The first-order valence-electron chi connectivity index (χ1n) is 13.2. The molecule has 0 bridgehead atoms. The van der Waals surface area contributed by atoms with Crippen LogP contribution in [0.4, 0.5) is 0 Å². The highest BCUT2D eigenvalue weighted by Gasteiger charge is 2.60. The van der Waals surface area contributed by atoms with Gasteiger partial charge < -0.3 is 15.2 Å². The van der Waals surface area contributed by atoms with Gasteiger partial charge in [-0.2, -0.15) is 0 Å². The summed E-state index contributed by atoms with van der Waals surface area (Å²) in [7, 11) is 0. The van der Waals surface area contributed by atoms with E-state index in [4.69, 9.17) is 4.74 Å². The van der Waals surface area contributed by atoms with E-state index in [1.807, 2.05) is 0 Å². The van der Waals surface area contributed by atoms with Crippen molar-refractivity contribution in [3.8, 4) is 0 Å². The molecular formula is C27H42INO2. The number of aliphatic hydroxyl groups excluding tert-OH is 1. The fraction of sp³-hybridized carbons (Fsp3) is 0.926. The molecule has 6 rings (SSSR count). The Balaban J connectivity index is 1.25. The average molecular weight is 540 g/mol. The van der Waals surface area contributed by atoms with Gasteiger partial charge in [0.1, 0.15) is 0 Å². The van der Waals surface area contributed by atoms with Crippen molar-refractivity contribution in [2.24, 2.45) is 40.9 Å². The van der Waals surface area contributed by atoms with E-state index >= 15 is 0 Å². The minimum Gasteiger partial charge on any atom is -0.393 e. The van der Waals surface area contributed by atoms with Gasteiger partial charge >= 0.3 is 0 Å². The number of allylic oxidation sites excluding steroid dienone is 1. The van der Waals surface area contributed by atoms with Gasteiger partial charge in [0.25, 0.3) is 0 Å². The van der Waals surface area contributed by atoms with Crippen molar-refractivity contribution in [1.29, 1.82) is 0 Å². The predicted molar refractivity (Wildman–Crippen MR) is 133 cm³/mol. The molecule has 2 saturated heterocycles. The zero-order chi connectivity index (χ0) is 21.5. The minimum atomic E-state index is -0.0958. The van der Waals surface area contributed by atoms with Crippen LogP contribution in [0.25, 0.3) is 0 Å². The largest absolute Gasteiger partial charge is 0.393 e. The molecule has 0 aromatic carbocycles. The fourth-order valence-corrected chi connectivity index (χ4v) is 10.8. The van der Waals surface area contributed by atoms with Crippen LogP contribution < -0.4 is 5.32 Å². The number of rotatable bonds is 0. The van der Waals surface area contributed by atoms with Gasteiger partial charge in [-0.3, -0.25) is 0 Å². The lowest BCUT2D eigenvalue weighted by molar-refractivity contribution is -0.0683. The number of aliphatic hydroxyl groups is 1. The Morgan fingerprint density at radius 1 is 1.13 bits per heavy atom. The van der Waals surface area contributed by atoms with Crippen LogP contribution in [0.5, 0.6) is 0 Å². The molecule has 31 heavy (non-hydrogen) atoms. The lowest BCUT2D eigenvalue weighted by Crippen LogP contribution is -2.50. The first kappa shape index (κ1) is 21.9. The number of halogens is 1. The van der Waals surface area contributed by atoms with Crippen molar-refractivity contribution in [3.63, 3.8) is 0 Å². The second kappa shape index (κ2) is 7.68. The second-order valence-corrected chi connectivity index (χ2v) is 14.1. The van der Waals surface area contributed by atoms with E-state index in [9.17, 15) is 5.11 Å². The van der Waals surface area contributed by atoms with Crippen LogP contribution in [0.1, 0.15) is 78.6 Å². The van der Waals surface area contributed by atoms with Crippen molar-refractivity contribution in [3.05, 3.63) is 11.6 Å². The van der Waals surface area contributed by atoms with Crippen molar-refractivity contribution >= 4 is 22.6 Å². The third-order valence-corrected chi connectivity index (χ3v) is 12.9. The van der Waals surface area contributed by atoms with E-state index in [-0.39, 0.29) is 11.7 Å². The number of ether oxygens (including phenoxy) is 1. The molecule has 4 aliphatic carbocycles. The second-order valence-electron chi connectivity index (χ2n) is 12.7. The summed E-state index contributed by atoms with van der Waals surface area (Å²) in [6, 6.07) is 0.558. The van der Waals surface area contributed by atoms with E-state index in [0.29, 0.717) is 21.5 Å². The molecule has 4 unspecified atom stereocenters. The maximum absolute atomic E-state index is 10.3. The molecule has 12 atom stereocenters. The Hall–Kier alpha value is 0.350. The third-order valence-electron chi connectivity index (χ3n) is 11.0. The van der Waals surface area contributed by atoms with Gasteiger partial charge in [0.2, 0.25) is 0 Å². The molecule has 0 amide bonds. The number of piperidine rings is 1. The molecule has 4 heteroatoms. The Kier molecular flexibility index (Phi) is 5.41. The molecule has 5 fully saturated rings. The van der Waals surface area contributed by atoms with Crippen LogP contribution in [0.15, 0.2) is 11.6 Å². The van der Waals surface area contributed by atoms with Crippen molar-refractivity contribution in [1.82, 2.24) is 5.32 Å². The predicted octanol–water partition coefficient (Wildman–Crippen LogP) is 5.50. The zero-order valence-corrected chi connectivity index (χ0v) is 21.8. The highest BCUT2D eigenvalue weighted by atomic mass is 127. The van der Waals surface area contributed by atoms with Gasteiger partial charge in [-0.1, -0.05) is 55.0 Å². The van der Waals surface area contributed by atoms with Crippen LogP contribution in [0, 0.1) is 40.9 Å². The van der Waals surface area contributed by atoms with Crippen LogP contribution in [0.3, 0.4) is 0 Å². The standard InChI is InChI=1S/C27H42INO2/c1-15-10-23-24(29-14-15)25(28)27(31-23)9-7-19-20-5-4-17-11-18(30)6-8-26(17,3)22(20)12-21(19)16(2)13-27/h4,15-16,18-25,29-30H,5-14H2,1-3H3/t15-,16?,18-,19-,20?,21?,22-,23+,24?,25+,26-,27-/m0/s1. The Morgan fingerprint density at radius 2 is 1.97 bits per heavy atom. The van der Waals surface area contributed by atoms with E-state index < -0.39 is 0 Å². The maximum Gasteiger partial charge on any atom is 0.0823 e. The zero-order valence-electron chi connectivity index (χ0n) is 19.7. The van der Waals surface area contributed by atoms with Gasteiger partial charge in [-0.15, -0.1) is 0 Å². The SMILES string of the molecule is CC1C[C@]2(CC[C@@H]3C1C[C@H]1C3CC=C3C[C@@H](O)CC[C@@]31C)O[C@@H]1C[C@H](C)CNC1[C@H]2I. The van der Waals surface area contributed by atoms with E-state index in [2.05, 4.69) is 54.8 Å². The number of hydrogen-bond donors (Lipinski definition) is 2. The monoisotopic (exact) mass is 539 g/mol. The molecule has 2 aliphatic heterocycles. The molecule has 0 aromatic heterocycles. The van der Waals surface area contributed by atoms with Crippen molar-refractivity contribution in [2.45, 2.75) is 106 Å². The summed E-state index contributed by atoms with van der Waals surface area (Å²) in [4.78, 5) is 0. The molecular weight excluding hydrogens is 497 g/mol. The summed E-state index contributed by atoms with van der Waals surface area (Å²) >= 11 is 2.76. The minimum absolute atomic E-state index is 0.0958. The smallest absolute Gasteiger partial charge is 0.0823 e. The first-order valence-corrected chi connectivity index (χ1v) is 14.5. The molecule has 2 heterocycles. The highest BCUT2D eigenvalue weighted by Crippen LogP contribution is 2.64. The summed E-state index contributed by atoms with van der Waals surface area (Å²) in [5, 5.41) is 14.1. The summed E-state index contributed by atoms with van der Waals surface area (Å²) in [6.45, 7) is 8.65. The number of nitrogens with one attached hydrogen (secondary N) is 1. The Morgan fingerprint density at radius 3 is 2.81 bits per heavy atom. The fourth-order valence-electron chi connectivity index (χ4n) is 9.42.